The molecule has 0 amide bonds. The summed E-state index contributed by atoms with van der Waals surface area (Å²) in [4.78, 5) is 14.2. The van der Waals surface area contributed by atoms with Gasteiger partial charge in [0, 0.05) is 42.7 Å². The number of hydrogen-bond donors (Lipinski definition) is 0. The first-order chi connectivity index (χ1) is 12.3. The second kappa shape index (κ2) is 7.28. The maximum atomic E-state index is 4.64. The van der Waals surface area contributed by atoms with Gasteiger partial charge in [-0.1, -0.05) is 48.2 Å². The van der Waals surface area contributed by atoms with Crippen molar-refractivity contribution in [2.24, 2.45) is 0 Å². The van der Waals surface area contributed by atoms with E-state index in [9.17, 15) is 0 Å². The first kappa shape index (κ1) is 16.8. The lowest BCUT2D eigenvalue weighted by Crippen LogP contribution is -1.89. The summed E-state index contributed by atoms with van der Waals surface area (Å²) in [5.41, 5.74) is 2.08. The average molecular weight is 381 g/mol. The number of hydrogen-bond acceptors (Lipinski definition) is 5. The Hall–Kier alpha value is -1.69. The van der Waals surface area contributed by atoms with Gasteiger partial charge in [-0.05, 0) is 24.6 Å². The van der Waals surface area contributed by atoms with Gasteiger partial charge in [0.2, 0.25) is 0 Å². The number of benzene rings is 2. The summed E-state index contributed by atoms with van der Waals surface area (Å²) in [7, 11) is 0. The van der Waals surface area contributed by atoms with Crippen molar-refractivity contribution in [1.82, 2.24) is 9.97 Å². The molecule has 0 aliphatic heterocycles. The lowest BCUT2D eigenvalue weighted by molar-refractivity contribution is 1.16. The molecule has 4 aromatic rings. The van der Waals surface area contributed by atoms with E-state index >= 15 is 0 Å². The van der Waals surface area contributed by atoms with Gasteiger partial charge >= 0.3 is 0 Å². The van der Waals surface area contributed by atoms with Crippen molar-refractivity contribution < 1.29 is 0 Å². The fourth-order valence-corrected chi connectivity index (χ4v) is 5.78. The normalized spacial score (nSPS) is 11.3. The average Bonchev–Trinajstić information content (AvgIpc) is 2.67. The van der Waals surface area contributed by atoms with Gasteiger partial charge in [-0.2, -0.15) is 0 Å². The van der Waals surface area contributed by atoms with Crippen LogP contribution in [0.4, 0.5) is 0 Å². The Bertz CT molecular complexity index is 978. The lowest BCUT2D eigenvalue weighted by atomic mass is 10.2. The van der Waals surface area contributed by atoms with Crippen LogP contribution in [-0.4, -0.2) is 22.5 Å². The zero-order valence-corrected chi connectivity index (χ0v) is 16.3. The minimum absolute atomic E-state index is 1.04. The molecule has 0 atom stereocenters. The molecule has 0 N–H and O–H groups in total. The topological polar surface area (TPSA) is 25.8 Å². The Morgan fingerprint density at radius 1 is 0.640 bits per heavy atom. The molecular formula is C20H16N2S3. The molecule has 0 radical (unpaired) electrons. The number of nitrogens with zero attached hydrogens (tertiary/aromatic N) is 2. The number of aromatic nitrogens is 2. The first-order valence-electron chi connectivity index (χ1n) is 7.83. The number of thioether (sulfide) groups is 2. The smallest absolute Gasteiger partial charge is 0.0714 e. The molecule has 0 aliphatic carbocycles. The molecule has 2 nitrogen and oxygen atoms in total. The lowest BCUT2D eigenvalue weighted by Gasteiger charge is -2.13. The van der Waals surface area contributed by atoms with Crippen LogP contribution in [0.1, 0.15) is 0 Å². The number of fused-ring (bicyclic) bond motifs is 2. The van der Waals surface area contributed by atoms with E-state index < -0.39 is 0 Å². The predicted octanol–water partition coefficient (Wildman–Crippen LogP) is 6.38. The van der Waals surface area contributed by atoms with Crippen molar-refractivity contribution in [2.45, 2.75) is 19.6 Å². The van der Waals surface area contributed by atoms with Crippen LogP contribution in [0.2, 0.25) is 0 Å². The summed E-state index contributed by atoms with van der Waals surface area (Å²) < 4.78 is 0. The minimum Gasteiger partial charge on any atom is -0.255 e. The zero-order valence-electron chi connectivity index (χ0n) is 13.9. The Balaban J connectivity index is 1.85. The van der Waals surface area contributed by atoms with Crippen molar-refractivity contribution in [2.75, 3.05) is 12.5 Å². The van der Waals surface area contributed by atoms with Crippen LogP contribution in [0, 0.1) is 0 Å². The Morgan fingerprint density at radius 3 is 1.52 bits per heavy atom. The fraction of sp³-hybridized carbons (Fsp3) is 0.100. The molecule has 0 aliphatic rings. The Morgan fingerprint density at radius 2 is 1.08 bits per heavy atom. The van der Waals surface area contributed by atoms with Crippen LogP contribution in [-0.2, 0) is 0 Å². The Kier molecular flexibility index (Phi) is 4.88. The third kappa shape index (κ3) is 3.12. The van der Waals surface area contributed by atoms with Crippen molar-refractivity contribution >= 4 is 57.1 Å². The molecule has 2 aromatic heterocycles. The SMILES string of the molecule is CSc1c(Sc2cnc3ccccc3c2SC)cnc2ccccc12. The monoisotopic (exact) mass is 380 g/mol. The fourth-order valence-electron chi connectivity index (χ4n) is 2.88. The predicted molar refractivity (Wildman–Crippen MR) is 111 cm³/mol. The van der Waals surface area contributed by atoms with Crippen LogP contribution < -0.4 is 0 Å². The van der Waals surface area contributed by atoms with Gasteiger partial charge in [0.1, 0.15) is 0 Å². The molecule has 25 heavy (non-hydrogen) atoms. The minimum atomic E-state index is 1.04. The third-order valence-corrected chi connectivity index (χ3v) is 7.03. The van der Waals surface area contributed by atoms with Gasteiger partial charge in [0.15, 0.2) is 0 Å². The summed E-state index contributed by atoms with van der Waals surface area (Å²) in [6.07, 6.45) is 8.22. The van der Waals surface area contributed by atoms with Gasteiger partial charge in [0.05, 0.1) is 11.0 Å². The zero-order chi connectivity index (χ0) is 17.2. The molecule has 124 valence electrons. The van der Waals surface area contributed by atoms with Crippen LogP contribution in [0.5, 0.6) is 0 Å². The highest BCUT2D eigenvalue weighted by Gasteiger charge is 2.14. The summed E-state index contributed by atoms with van der Waals surface area (Å²) in [5, 5.41) is 2.42. The van der Waals surface area contributed by atoms with Crippen molar-refractivity contribution in [1.29, 1.82) is 0 Å². The van der Waals surface area contributed by atoms with Crippen LogP contribution in [0.15, 0.2) is 80.5 Å². The molecule has 0 unspecified atom stereocenters. The largest absolute Gasteiger partial charge is 0.255 e. The molecule has 5 heteroatoms. The van der Waals surface area contributed by atoms with Gasteiger partial charge in [0.25, 0.3) is 0 Å². The maximum Gasteiger partial charge on any atom is 0.0714 e. The highest BCUT2D eigenvalue weighted by molar-refractivity contribution is 8.03. The van der Waals surface area contributed by atoms with E-state index in [0.29, 0.717) is 0 Å². The molecule has 2 heterocycles. The molecule has 0 saturated carbocycles. The summed E-state index contributed by atoms with van der Waals surface area (Å²) >= 11 is 5.30. The highest BCUT2D eigenvalue weighted by atomic mass is 32.2. The van der Waals surface area contributed by atoms with E-state index in [1.807, 2.05) is 24.5 Å². The van der Waals surface area contributed by atoms with E-state index in [0.717, 1.165) is 11.0 Å². The molecule has 2 aromatic carbocycles. The van der Waals surface area contributed by atoms with Crippen molar-refractivity contribution in [3.63, 3.8) is 0 Å². The summed E-state index contributed by atoms with van der Waals surface area (Å²) in [6.45, 7) is 0. The molecule has 0 saturated heterocycles. The standard InChI is InChI=1S/C20H16N2S3/c1-23-19-13-7-3-5-9-15(13)21-11-17(19)25-18-12-22-16-10-6-4-8-14(16)20(18)24-2/h3-12H,1-2H3. The van der Waals surface area contributed by atoms with Gasteiger partial charge in [-0.25, -0.2) is 0 Å². The second-order valence-electron chi connectivity index (χ2n) is 5.45. The first-order valence-corrected chi connectivity index (χ1v) is 11.1. The van der Waals surface area contributed by atoms with E-state index in [-0.39, 0.29) is 0 Å². The van der Waals surface area contributed by atoms with Gasteiger partial charge < -0.3 is 0 Å². The van der Waals surface area contributed by atoms with Gasteiger partial charge in [-0.3, -0.25) is 9.97 Å². The van der Waals surface area contributed by atoms with Crippen LogP contribution >= 0.6 is 35.3 Å². The number of pyridine rings is 2. The van der Waals surface area contributed by atoms with Crippen LogP contribution in [0.25, 0.3) is 21.8 Å². The molecule has 4 rings (SSSR count). The highest BCUT2D eigenvalue weighted by Crippen LogP contribution is 2.42. The molecule has 0 fully saturated rings. The summed E-state index contributed by atoms with van der Waals surface area (Å²) in [5.74, 6) is 0. The quantitative estimate of drug-likeness (QED) is 0.383. The molecule has 0 spiro atoms. The van der Waals surface area contributed by atoms with E-state index in [2.05, 4.69) is 58.9 Å². The van der Waals surface area contributed by atoms with Crippen LogP contribution in [0.3, 0.4) is 0 Å². The van der Waals surface area contributed by atoms with Gasteiger partial charge in [-0.15, -0.1) is 23.5 Å². The Labute approximate surface area is 159 Å². The maximum absolute atomic E-state index is 4.64. The third-order valence-electron chi connectivity index (χ3n) is 4.01. The molecule has 0 bridgehead atoms. The summed E-state index contributed by atoms with van der Waals surface area (Å²) in [6, 6.07) is 16.6. The second-order valence-corrected chi connectivity index (χ2v) is 8.16. The van der Waals surface area contributed by atoms with E-state index in [1.54, 1.807) is 35.3 Å². The number of rotatable bonds is 4. The molecular weight excluding hydrogens is 364 g/mol. The van der Waals surface area contributed by atoms with Crippen molar-refractivity contribution in [3.05, 3.63) is 60.9 Å². The van der Waals surface area contributed by atoms with E-state index in [1.165, 1.54) is 30.4 Å². The van der Waals surface area contributed by atoms with Crippen molar-refractivity contribution in [3.8, 4) is 0 Å². The van der Waals surface area contributed by atoms with E-state index in [4.69, 9.17) is 0 Å². The number of para-hydroxylation sites is 2.